The lowest BCUT2D eigenvalue weighted by Crippen LogP contribution is -2.52. The van der Waals surface area contributed by atoms with Crippen molar-refractivity contribution in [2.45, 2.75) is 69.5 Å². The van der Waals surface area contributed by atoms with Crippen molar-refractivity contribution in [2.75, 3.05) is 11.4 Å². The highest BCUT2D eigenvalue weighted by Gasteiger charge is 2.55. The normalized spacial score (nSPS) is 24.1. The molecule has 1 N–H and O–H groups in total. The number of halogens is 2. The number of carbonyl (C=O) groups excluding carboxylic acids is 1. The van der Waals surface area contributed by atoms with Gasteiger partial charge in [0.25, 0.3) is 0 Å². The van der Waals surface area contributed by atoms with Crippen LogP contribution in [0.3, 0.4) is 0 Å². The second-order valence-electron chi connectivity index (χ2n) is 10.2. The Labute approximate surface area is 211 Å². The molecule has 1 aromatic carbocycles. The van der Waals surface area contributed by atoms with Gasteiger partial charge in [-0.25, -0.2) is 14.8 Å². The molecular formula is C25H26F2N6O4. The van der Waals surface area contributed by atoms with Crippen LogP contribution >= 0.6 is 0 Å². The van der Waals surface area contributed by atoms with E-state index >= 15 is 0 Å². The molecule has 5 rings (SSSR count). The molecule has 3 aromatic rings. The first-order valence-corrected chi connectivity index (χ1v) is 11.9. The van der Waals surface area contributed by atoms with Crippen LogP contribution in [0.2, 0.25) is 0 Å². The molecule has 194 valence electrons. The van der Waals surface area contributed by atoms with Gasteiger partial charge >= 0.3 is 12.7 Å². The molecule has 2 aromatic heterocycles. The van der Waals surface area contributed by atoms with Crippen LogP contribution in [0.4, 0.5) is 19.4 Å². The highest BCUT2D eigenvalue weighted by atomic mass is 19.3. The summed E-state index contributed by atoms with van der Waals surface area (Å²) in [7, 11) is 0. The number of nitrogens with zero attached hydrogens (tertiary/aromatic N) is 6. The first-order chi connectivity index (χ1) is 17.5. The van der Waals surface area contributed by atoms with Gasteiger partial charge in [0.05, 0.1) is 65.8 Å². The summed E-state index contributed by atoms with van der Waals surface area (Å²) in [5.74, 6) is 0.241. The molecule has 1 aliphatic carbocycles. The summed E-state index contributed by atoms with van der Waals surface area (Å²) in [6.07, 6.45) is 4.99. The summed E-state index contributed by atoms with van der Waals surface area (Å²) in [6, 6.07) is 7.08. The molecule has 37 heavy (non-hydrogen) atoms. The summed E-state index contributed by atoms with van der Waals surface area (Å²) in [5.41, 5.74) is -1.57. The van der Waals surface area contributed by atoms with Gasteiger partial charge in [-0.1, -0.05) is 0 Å². The van der Waals surface area contributed by atoms with Crippen molar-refractivity contribution in [1.29, 1.82) is 5.26 Å². The summed E-state index contributed by atoms with van der Waals surface area (Å²) in [5, 5.41) is 19.4. The molecule has 2 atom stereocenters. The molecule has 1 saturated heterocycles. The van der Waals surface area contributed by atoms with E-state index in [1.807, 2.05) is 0 Å². The average molecular weight is 513 g/mol. The van der Waals surface area contributed by atoms with Crippen molar-refractivity contribution >= 4 is 22.9 Å². The number of imidazole rings is 1. The molecule has 1 aliphatic heterocycles. The lowest BCUT2D eigenvalue weighted by Gasteiger charge is -2.44. The molecule has 12 heteroatoms. The number of ether oxygens (including phenoxy) is 2. The lowest BCUT2D eigenvalue weighted by atomic mass is 9.74. The van der Waals surface area contributed by atoms with Crippen LogP contribution in [-0.2, 0) is 21.6 Å². The van der Waals surface area contributed by atoms with Crippen LogP contribution in [0.25, 0.3) is 11.0 Å². The van der Waals surface area contributed by atoms with Gasteiger partial charge in [0.1, 0.15) is 11.2 Å². The monoisotopic (exact) mass is 512 g/mol. The second-order valence-corrected chi connectivity index (χ2v) is 10.2. The van der Waals surface area contributed by atoms with E-state index in [2.05, 4.69) is 21.0 Å². The van der Waals surface area contributed by atoms with E-state index in [4.69, 9.17) is 9.47 Å². The summed E-state index contributed by atoms with van der Waals surface area (Å²) < 4.78 is 40.2. The van der Waals surface area contributed by atoms with Gasteiger partial charge in [0, 0.05) is 6.42 Å². The Kier molecular flexibility index (Phi) is 6.08. The molecule has 2 fully saturated rings. The van der Waals surface area contributed by atoms with E-state index in [0.29, 0.717) is 41.6 Å². The number of aliphatic hydroxyl groups is 1. The topological polar surface area (TPSA) is 126 Å². The molecule has 0 unspecified atom stereocenters. The summed E-state index contributed by atoms with van der Waals surface area (Å²) in [6.45, 7) is 0.256. The number of anilines is 1. The number of hydrogen-bond acceptors (Lipinski definition) is 8. The van der Waals surface area contributed by atoms with E-state index in [0.717, 1.165) is 0 Å². The van der Waals surface area contributed by atoms with Gasteiger partial charge in [0.2, 0.25) is 0 Å². The van der Waals surface area contributed by atoms with Crippen LogP contribution in [0.15, 0.2) is 36.9 Å². The Morgan fingerprint density at radius 1 is 1.27 bits per heavy atom. The zero-order chi connectivity index (χ0) is 26.4. The van der Waals surface area contributed by atoms with Gasteiger partial charge in [-0.3, -0.25) is 9.88 Å². The zero-order valence-electron chi connectivity index (χ0n) is 20.4. The SMILES string of the molecule is CC(C)(O)c1cnc(N2C[C@@]3(CCC[C@@](Cn4cnc5ccc(C#N)cc54)(OC(F)F)C3)OC2=O)cn1. The number of amides is 1. The average Bonchev–Trinajstić information content (AvgIpc) is 3.37. The third-order valence-electron chi connectivity index (χ3n) is 6.97. The van der Waals surface area contributed by atoms with Gasteiger partial charge in [-0.05, 0) is 51.3 Å². The van der Waals surface area contributed by atoms with Crippen molar-refractivity contribution in [3.63, 3.8) is 0 Å². The molecule has 1 spiro atoms. The minimum atomic E-state index is -3.03. The minimum Gasteiger partial charge on any atom is -0.440 e. The van der Waals surface area contributed by atoms with Crippen LogP contribution in [0.5, 0.6) is 0 Å². The maximum Gasteiger partial charge on any atom is 0.416 e. The van der Waals surface area contributed by atoms with E-state index < -0.39 is 29.5 Å². The molecule has 0 radical (unpaired) electrons. The molecule has 10 nitrogen and oxygen atoms in total. The number of alkyl halides is 2. The summed E-state index contributed by atoms with van der Waals surface area (Å²) in [4.78, 5) is 27.0. The number of hydrogen-bond donors (Lipinski definition) is 1. The molecule has 1 amide bonds. The van der Waals surface area contributed by atoms with Crippen LogP contribution in [0, 0.1) is 11.3 Å². The number of nitriles is 1. The molecule has 3 heterocycles. The van der Waals surface area contributed by atoms with Crippen molar-refractivity contribution in [3.05, 3.63) is 48.2 Å². The van der Waals surface area contributed by atoms with Crippen molar-refractivity contribution in [1.82, 2.24) is 19.5 Å². The van der Waals surface area contributed by atoms with Crippen molar-refractivity contribution < 1.29 is 28.2 Å². The smallest absolute Gasteiger partial charge is 0.416 e. The van der Waals surface area contributed by atoms with Crippen molar-refractivity contribution in [3.8, 4) is 6.07 Å². The molecule has 2 aliphatic rings. The first-order valence-electron chi connectivity index (χ1n) is 11.9. The lowest BCUT2D eigenvalue weighted by molar-refractivity contribution is -0.238. The molecule has 1 saturated carbocycles. The quantitative estimate of drug-likeness (QED) is 0.527. The van der Waals surface area contributed by atoms with Crippen LogP contribution in [-0.4, -0.2) is 55.1 Å². The fourth-order valence-electron chi connectivity index (χ4n) is 5.32. The summed E-state index contributed by atoms with van der Waals surface area (Å²) >= 11 is 0. The fraction of sp³-hybridized carbons (Fsp3) is 0.480. The van der Waals surface area contributed by atoms with E-state index in [9.17, 15) is 23.9 Å². The van der Waals surface area contributed by atoms with Crippen LogP contribution < -0.4 is 4.90 Å². The Hall–Kier alpha value is -3.69. The van der Waals surface area contributed by atoms with E-state index in [1.54, 1.807) is 36.6 Å². The fourth-order valence-corrected chi connectivity index (χ4v) is 5.32. The maximum absolute atomic E-state index is 13.7. The number of fused-ring (bicyclic) bond motifs is 1. The number of carbonyl (C=O) groups is 1. The van der Waals surface area contributed by atoms with Crippen molar-refractivity contribution in [2.24, 2.45) is 0 Å². The standard InChI is InChI=1S/C25H26F2N6O4/c1-23(2,35)19-10-30-20(11-29-19)33-14-25(37-22(33)34)7-3-6-24(12-25,36-21(26)27)13-32-15-31-17-5-4-16(9-28)8-18(17)32/h4-5,8,10-11,15,21,35H,3,6-7,12-14H2,1-2H3/t24-,25+/m1/s1. The zero-order valence-corrected chi connectivity index (χ0v) is 20.4. The Bertz CT molecular complexity index is 1370. The van der Waals surface area contributed by atoms with E-state index in [-0.39, 0.29) is 25.3 Å². The largest absolute Gasteiger partial charge is 0.440 e. The number of benzene rings is 1. The minimum absolute atomic E-state index is 0.0410. The molecule has 0 bridgehead atoms. The maximum atomic E-state index is 13.7. The van der Waals surface area contributed by atoms with Gasteiger partial charge in [-0.2, -0.15) is 14.0 Å². The highest BCUT2D eigenvalue weighted by Crippen LogP contribution is 2.46. The van der Waals surface area contributed by atoms with Gasteiger partial charge in [-0.15, -0.1) is 0 Å². The van der Waals surface area contributed by atoms with Gasteiger partial charge in [0.15, 0.2) is 5.82 Å². The highest BCUT2D eigenvalue weighted by molar-refractivity contribution is 5.89. The first kappa shape index (κ1) is 25.0. The Morgan fingerprint density at radius 2 is 2.08 bits per heavy atom. The number of aromatic nitrogens is 4. The predicted molar refractivity (Wildman–Crippen MR) is 127 cm³/mol. The Balaban J connectivity index is 1.43. The van der Waals surface area contributed by atoms with Gasteiger partial charge < -0.3 is 19.1 Å². The second kappa shape index (κ2) is 9.00. The third-order valence-corrected chi connectivity index (χ3v) is 6.97. The Morgan fingerprint density at radius 3 is 2.76 bits per heavy atom. The molecular weight excluding hydrogens is 486 g/mol. The van der Waals surface area contributed by atoms with E-state index in [1.165, 1.54) is 23.6 Å². The number of rotatable bonds is 6. The predicted octanol–water partition coefficient (Wildman–Crippen LogP) is 3.87. The van der Waals surface area contributed by atoms with Crippen LogP contribution in [0.1, 0.15) is 50.8 Å². The third kappa shape index (κ3) is 4.84.